The van der Waals surface area contributed by atoms with Crippen LogP contribution in [0.5, 0.6) is 0 Å². The van der Waals surface area contributed by atoms with E-state index in [1.54, 1.807) is 0 Å². The molecule has 33 heavy (non-hydrogen) atoms. The minimum absolute atomic E-state index is 0.105. The average Bonchev–Trinajstić information content (AvgIpc) is 3.41. The van der Waals surface area contributed by atoms with E-state index in [9.17, 15) is 19.5 Å². The average molecular weight is 453 g/mol. The fraction of sp³-hybridized carbons (Fsp3) is 0.400. The van der Waals surface area contributed by atoms with Gasteiger partial charge in [-0.15, -0.1) is 0 Å². The molecule has 0 aliphatic heterocycles. The number of ether oxygens (including phenoxy) is 2. The molecule has 4 rings (SSSR count). The third-order valence-electron chi connectivity index (χ3n) is 6.51. The van der Waals surface area contributed by atoms with Gasteiger partial charge in [-0.25, -0.2) is 9.59 Å². The van der Waals surface area contributed by atoms with Gasteiger partial charge in [0.25, 0.3) is 0 Å². The van der Waals surface area contributed by atoms with Gasteiger partial charge in [0.15, 0.2) is 0 Å². The number of hydrogen-bond acceptors (Lipinski definition) is 5. The maximum Gasteiger partial charge on any atom is 0.407 e. The van der Waals surface area contributed by atoms with Gasteiger partial charge in [0.05, 0.1) is 6.61 Å². The largest absolute Gasteiger partial charge is 0.480 e. The first-order chi connectivity index (χ1) is 15.9. The molecule has 2 aromatic rings. The van der Waals surface area contributed by atoms with Gasteiger partial charge in [0.2, 0.25) is 5.91 Å². The smallest absolute Gasteiger partial charge is 0.407 e. The van der Waals surface area contributed by atoms with Crippen LogP contribution in [-0.2, 0) is 19.1 Å². The summed E-state index contributed by atoms with van der Waals surface area (Å²) in [5.74, 6) is -1.77. The maximum absolute atomic E-state index is 12.8. The Morgan fingerprint density at radius 3 is 2.15 bits per heavy atom. The van der Waals surface area contributed by atoms with Crippen LogP contribution < -0.4 is 10.6 Å². The number of benzene rings is 2. The van der Waals surface area contributed by atoms with Crippen molar-refractivity contribution in [3.05, 3.63) is 59.7 Å². The lowest BCUT2D eigenvalue weighted by atomic mass is 9.97. The van der Waals surface area contributed by atoms with Gasteiger partial charge in [-0.1, -0.05) is 61.4 Å². The minimum Gasteiger partial charge on any atom is -0.480 e. The molecule has 8 nitrogen and oxygen atoms in total. The van der Waals surface area contributed by atoms with Gasteiger partial charge in [-0.2, -0.15) is 0 Å². The fourth-order valence-electron chi connectivity index (χ4n) is 4.83. The zero-order valence-corrected chi connectivity index (χ0v) is 18.5. The number of rotatable bonds is 8. The number of carboxylic acids is 1. The van der Waals surface area contributed by atoms with E-state index in [-0.39, 0.29) is 19.1 Å². The molecule has 2 aliphatic carbocycles. The first-order valence-corrected chi connectivity index (χ1v) is 11.1. The summed E-state index contributed by atoms with van der Waals surface area (Å²) >= 11 is 0. The van der Waals surface area contributed by atoms with Crippen molar-refractivity contribution >= 4 is 18.0 Å². The first kappa shape index (κ1) is 22.8. The van der Waals surface area contributed by atoms with Crippen molar-refractivity contribution in [3.8, 4) is 11.1 Å². The van der Waals surface area contributed by atoms with Crippen LogP contribution in [0, 0.1) is 0 Å². The molecule has 3 N–H and O–H groups in total. The van der Waals surface area contributed by atoms with Gasteiger partial charge >= 0.3 is 12.1 Å². The number of alkyl carbamates (subject to hydrolysis) is 1. The van der Waals surface area contributed by atoms with Crippen molar-refractivity contribution in [2.24, 2.45) is 0 Å². The van der Waals surface area contributed by atoms with Gasteiger partial charge in [-0.05, 0) is 35.1 Å². The summed E-state index contributed by atoms with van der Waals surface area (Å²) in [6, 6.07) is 15.0. The minimum atomic E-state index is -1.30. The molecule has 174 valence electrons. The van der Waals surface area contributed by atoms with E-state index in [0.717, 1.165) is 35.1 Å². The second-order valence-corrected chi connectivity index (χ2v) is 8.56. The van der Waals surface area contributed by atoms with Crippen molar-refractivity contribution in [2.45, 2.75) is 43.2 Å². The molecule has 1 saturated carbocycles. The van der Waals surface area contributed by atoms with Crippen LogP contribution in [0.25, 0.3) is 11.1 Å². The highest BCUT2D eigenvalue weighted by atomic mass is 16.5. The molecule has 1 atom stereocenters. The Labute approximate surface area is 192 Å². The van der Waals surface area contributed by atoms with Crippen molar-refractivity contribution in [2.75, 3.05) is 20.3 Å². The van der Waals surface area contributed by atoms with E-state index >= 15 is 0 Å². The molecule has 8 heteroatoms. The molecule has 1 fully saturated rings. The summed E-state index contributed by atoms with van der Waals surface area (Å²) in [7, 11) is 1.40. The van der Waals surface area contributed by atoms with Crippen LogP contribution >= 0.6 is 0 Å². The summed E-state index contributed by atoms with van der Waals surface area (Å²) in [5, 5.41) is 14.8. The fourth-order valence-corrected chi connectivity index (χ4v) is 4.83. The van der Waals surface area contributed by atoms with Crippen molar-refractivity contribution in [1.82, 2.24) is 10.6 Å². The Kier molecular flexibility index (Phi) is 6.65. The molecule has 1 unspecified atom stereocenters. The van der Waals surface area contributed by atoms with E-state index in [0.29, 0.717) is 12.8 Å². The normalized spacial score (nSPS) is 17.0. The van der Waals surface area contributed by atoms with E-state index < -0.39 is 29.6 Å². The van der Waals surface area contributed by atoms with Gasteiger partial charge < -0.3 is 25.2 Å². The molecule has 2 aliphatic rings. The Morgan fingerprint density at radius 2 is 1.61 bits per heavy atom. The topological polar surface area (TPSA) is 114 Å². The van der Waals surface area contributed by atoms with E-state index in [1.807, 2.05) is 36.4 Å². The number of carbonyl (C=O) groups excluding carboxylic acids is 2. The first-order valence-electron chi connectivity index (χ1n) is 11.1. The third-order valence-corrected chi connectivity index (χ3v) is 6.51. The quantitative estimate of drug-likeness (QED) is 0.567. The standard InChI is InChI=1S/C25H28N2O6/c1-32-15-21(22(28)27-25(23(29)30)12-6-7-13-25)26-24(31)33-14-20-18-10-4-2-8-16(18)17-9-3-5-11-19(17)20/h2-5,8-11,20-21H,6-7,12-15H2,1H3,(H,26,31)(H,27,28)(H,29,30). The number of amides is 2. The lowest BCUT2D eigenvalue weighted by molar-refractivity contribution is -0.147. The third kappa shape index (κ3) is 4.57. The molecular weight excluding hydrogens is 424 g/mol. The molecule has 0 spiro atoms. The number of hydrogen-bond donors (Lipinski definition) is 3. The number of nitrogens with one attached hydrogen (secondary N) is 2. The van der Waals surface area contributed by atoms with Crippen LogP contribution in [0.2, 0.25) is 0 Å². The van der Waals surface area contributed by atoms with Gasteiger partial charge in [0.1, 0.15) is 18.2 Å². The van der Waals surface area contributed by atoms with Crippen LogP contribution in [0.4, 0.5) is 4.79 Å². The Balaban J connectivity index is 1.41. The Morgan fingerprint density at radius 1 is 1.03 bits per heavy atom. The monoisotopic (exact) mass is 452 g/mol. The molecule has 2 aromatic carbocycles. The number of carboxylic acid groups (broad SMARTS) is 1. The van der Waals surface area contributed by atoms with E-state index in [4.69, 9.17) is 9.47 Å². The number of methoxy groups -OCH3 is 1. The molecule has 0 radical (unpaired) electrons. The van der Waals surface area contributed by atoms with Crippen molar-refractivity contribution in [3.63, 3.8) is 0 Å². The number of aliphatic carboxylic acids is 1. The second-order valence-electron chi connectivity index (χ2n) is 8.56. The van der Waals surface area contributed by atoms with E-state index in [2.05, 4.69) is 22.8 Å². The predicted octanol–water partition coefficient (Wildman–Crippen LogP) is 3.05. The number of fused-ring (bicyclic) bond motifs is 3. The summed E-state index contributed by atoms with van der Waals surface area (Å²) in [4.78, 5) is 37.1. The Bertz CT molecular complexity index is 1000. The molecular formula is C25H28N2O6. The number of carbonyl (C=O) groups is 3. The van der Waals surface area contributed by atoms with Crippen LogP contribution in [0.3, 0.4) is 0 Å². The van der Waals surface area contributed by atoms with Crippen molar-refractivity contribution in [1.29, 1.82) is 0 Å². The van der Waals surface area contributed by atoms with Gasteiger partial charge in [0, 0.05) is 13.0 Å². The highest BCUT2D eigenvalue weighted by Gasteiger charge is 2.44. The summed E-state index contributed by atoms with van der Waals surface area (Å²) in [6.45, 7) is 0.00592. The maximum atomic E-state index is 12.8. The summed E-state index contributed by atoms with van der Waals surface area (Å²) in [6.07, 6.45) is 1.41. The lowest BCUT2D eigenvalue weighted by Crippen LogP contribution is -2.59. The van der Waals surface area contributed by atoms with Crippen LogP contribution in [0.15, 0.2) is 48.5 Å². The summed E-state index contributed by atoms with van der Waals surface area (Å²) < 4.78 is 10.6. The lowest BCUT2D eigenvalue weighted by Gasteiger charge is -2.28. The highest BCUT2D eigenvalue weighted by molar-refractivity contribution is 5.91. The van der Waals surface area contributed by atoms with Crippen molar-refractivity contribution < 1.29 is 29.0 Å². The SMILES string of the molecule is COCC(NC(=O)OCC1c2ccccc2-c2ccccc21)C(=O)NC1(C(=O)O)CCCC1. The van der Waals surface area contributed by atoms with Crippen LogP contribution in [0.1, 0.15) is 42.7 Å². The summed E-state index contributed by atoms with van der Waals surface area (Å²) in [5.41, 5.74) is 3.11. The molecule has 0 heterocycles. The highest BCUT2D eigenvalue weighted by Crippen LogP contribution is 2.44. The molecule has 2 amide bonds. The second kappa shape index (κ2) is 9.62. The zero-order chi connectivity index (χ0) is 23.4. The van der Waals surface area contributed by atoms with Gasteiger partial charge in [-0.3, -0.25) is 4.79 Å². The molecule has 0 saturated heterocycles. The van der Waals surface area contributed by atoms with Crippen LogP contribution in [-0.4, -0.2) is 55.0 Å². The Hall–Kier alpha value is -3.39. The molecule has 0 bridgehead atoms. The van der Waals surface area contributed by atoms with E-state index in [1.165, 1.54) is 7.11 Å². The predicted molar refractivity (Wildman–Crippen MR) is 121 cm³/mol. The molecule has 0 aromatic heterocycles. The zero-order valence-electron chi connectivity index (χ0n) is 18.5.